The van der Waals surface area contributed by atoms with Gasteiger partial charge in [-0.2, -0.15) is 0 Å². The fraction of sp³-hybridized carbons (Fsp3) is 0.212. The van der Waals surface area contributed by atoms with Crippen molar-refractivity contribution in [2.75, 3.05) is 20.8 Å². The number of esters is 1. The predicted octanol–water partition coefficient (Wildman–Crippen LogP) is 4.09. The van der Waals surface area contributed by atoms with Crippen LogP contribution >= 0.6 is 11.3 Å². The molecule has 4 aromatic rings. The molecule has 5 rings (SSSR count). The summed E-state index contributed by atoms with van der Waals surface area (Å²) in [5, 5.41) is 9.06. The van der Waals surface area contributed by atoms with Crippen molar-refractivity contribution in [2.45, 2.75) is 26.5 Å². The van der Waals surface area contributed by atoms with Gasteiger partial charge in [0.05, 0.1) is 42.2 Å². The Morgan fingerprint density at radius 3 is 2.34 bits per heavy atom. The molecule has 1 N–H and O–H groups in total. The Labute approximate surface area is 256 Å². The normalized spacial score (nSPS) is 14.5. The van der Waals surface area contributed by atoms with Gasteiger partial charge in [-0.3, -0.25) is 9.36 Å². The summed E-state index contributed by atoms with van der Waals surface area (Å²) in [7, 11) is 3.07. The number of carboxylic acid groups (broad SMARTS) is 1. The third kappa shape index (κ3) is 6.13. The van der Waals surface area contributed by atoms with Gasteiger partial charge in [0.25, 0.3) is 5.56 Å². The maximum Gasteiger partial charge on any atom is 0.338 e. The van der Waals surface area contributed by atoms with Crippen LogP contribution in [0.1, 0.15) is 46.9 Å². The minimum absolute atomic E-state index is 0.170. The van der Waals surface area contributed by atoms with Crippen LogP contribution in [0.15, 0.2) is 87.8 Å². The van der Waals surface area contributed by atoms with Crippen molar-refractivity contribution in [1.82, 2.24) is 4.57 Å². The van der Waals surface area contributed by atoms with Crippen LogP contribution in [-0.2, 0) is 16.1 Å². The number of aromatic carboxylic acids is 1. The van der Waals surface area contributed by atoms with Crippen molar-refractivity contribution in [1.29, 1.82) is 0 Å². The summed E-state index contributed by atoms with van der Waals surface area (Å²) in [6.45, 7) is 3.89. The molecule has 1 aliphatic rings. The lowest BCUT2D eigenvalue weighted by Crippen LogP contribution is -2.40. The Morgan fingerprint density at radius 2 is 1.70 bits per heavy atom. The van der Waals surface area contributed by atoms with Gasteiger partial charge in [0.1, 0.15) is 29.9 Å². The van der Waals surface area contributed by atoms with E-state index in [-0.39, 0.29) is 29.9 Å². The quantitative estimate of drug-likeness (QED) is 0.265. The molecule has 0 aliphatic carbocycles. The smallest absolute Gasteiger partial charge is 0.338 e. The molecule has 3 aromatic carbocycles. The van der Waals surface area contributed by atoms with Crippen LogP contribution in [0, 0.1) is 0 Å². The summed E-state index contributed by atoms with van der Waals surface area (Å²) >= 11 is 1.23. The zero-order valence-corrected chi connectivity index (χ0v) is 25.3. The Morgan fingerprint density at radius 1 is 1.00 bits per heavy atom. The molecule has 1 atom stereocenters. The number of hydrogen-bond donors (Lipinski definition) is 1. The van der Waals surface area contributed by atoms with E-state index in [2.05, 4.69) is 4.99 Å². The molecule has 0 radical (unpaired) electrons. The second-order valence-electron chi connectivity index (χ2n) is 9.77. The summed E-state index contributed by atoms with van der Waals surface area (Å²) in [4.78, 5) is 43.2. The number of thiazole rings is 1. The number of rotatable bonds is 10. The minimum Gasteiger partial charge on any atom is -0.497 e. The first-order chi connectivity index (χ1) is 21.2. The molecule has 0 fully saturated rings. The lowest BCUT2D eigenvalue weighted by molar-refractivity contribution is -0.139. The highest BCUT2D eigenvalue weighted by Crippen LogP contribution is 2.37. The van der Waals surface area contributed by atoms with E-state index in [1.54, 1.807) is 69.5 Å². The molecule has 1 aromatic heterocycles. The van der Waals surface area contributed by atoms with Gasteiger partial charge in [-0.25, -0.2) is 14.6 Å². The number of ether oxygens (including phenoxy) is 4. The number of aromatic nitrogens is 1. The number of carboxylic acids is 1. The van der Waals surface area contributed by atoms with Crippen LogP contribution in [0.5, 0.6) is 17.2 Å². The van der Waals surface area contributed by atoms with Crippen molar-refractivity contribution < 1.29 is 33.6 Å². The number of benzene rings is 3. The van der Waals surface area contributed by atoms with E-state index in [1.807, 2.05) is 12.1 Å². The summed E-state index contributed by atoms with van der Waals surface area (Å²) in [6.07, 6.45) is 1.77. The zero-order chi connectivity index (χ0) is 31.4. The summed E-state index contributed by atoms with van der Waals surface area (Å²) < 4.78 is 24.2. The van der Waals surface area contributed by atoms with Gasteiger partial charge in [0, 0.05) is 11.6 Å². The highest BCUT2D eigenvalue weighted by atomic mass is 32.1. The molecule has 0 bridgehead atoms. The predicted molar refractivity (Wildman–Crippen MR) is 164 cm³/mol. The number of fused-ring (bicyclic) bond motifs is 1. The lowest BCUT2D eigenvalue weighted by Gasteiger charge is -2.26. The molecule has 0 spiro atoms. The second-order valence-corrected chi connectivity index (χ2v) is 10.8. The van der Waals surface area contributed by atoms with Gasteiger partial charge in [0.2, 0.25) is 0 Å². The van der Waals surface area contributed by atoms with Crippen LogP contribution in [0.4, 0.5) is 0 Å². The van der Waals surface area contributed by atoms with Crippen molar-refractivity contribution in [3.05, 3.63) is 120 Å². The molecule has 2 heterocycles. The molecule has 44 heavy (non-hydrogen) atoms. The third-order valence-corrected chi connectivity index (χ3v) is 8.02. The Bertz CT molecular complexity index is 1920. The van der Waals surface area contributed by atoms with Crippen molar-refractivity contribution in [3.8, 4) is 17.2 Å². The molecular formula is C33H30N2O8S. The first-order valence-electron chi connectivity index (χ1n) is 13.7. The average Bonchev–Trinajstić information content (AvgIpc) is 3.33. The number of allylic oxidation sites excluding steroid dienone is 1. The molecule has 0 saturated heterocycles. The molecule has 0 unspecified atom stereocenters. The van der Waals surface area contributed by atoms with Gasteiger partial charge in [-0.15, -0.1) is 0 Å². The first kappa shape index (κ1) is 30.3. The number of carbonyl (C=O) groups is 2. The van der Waals surface area contributed by atoms with Crippen LogP contribution in [0.2, 0.25) is 0 Å². The van der Waals surface area contributed by atoms with Crippen LogP contribution < -0.4 is 29.1 Å². The molecule has 0 amide bonds. The average molecular weight is 615 g/mol. The maximum absolute atomic E-state index is 13.9. The largest absolute Gasteiger partial charge is 0.497 e. The van der Waals surface area contributed by atoms with Crippen molar-refractivity contribution >= 4 is 29.4 Å². The van der Waals surface area contributed by atoms with E-state index in [9.17, 15) is 14.4 Å². The third-order valence-electron chi connectivity index (χ3n) is 7.04. The SMILES string of the molecule is CCOC(=O)C1=C(C)N=c2s/c(=C/c3ccc(OCc4ccc(C(=O)O)cc4)cc3)c(=O)n2[C@@H]1c1ccc(OC)cc1OC. The van der Waals surface area contributed by atoms with Gasteiger partial charge in [0.15, 0.2) is 4.80 Å². The minimum atomic E-state index is -0.981. The monoisotopic (exact) mass is 614 g/mol. The molecule has 226 valence electrons. The second kappa shape index (κ2) is 13.0. The fourth-order valence-corrected chi connectivity index (χ4v) is 5.90. The molecular weight excluding hydrogens is 584 g/mol. The van der Waals surface area contributed by atoms with Gasteiger partial charge < -0.3 is 24.1 Å². The van der Waals surface area contributed by atoms with Gasteiger partial charge in [-0.05, 0) is 67.4 Å². The fourth-order valence-electron chi connectivity index (χ4n) is 4.85. The van der Waals surface area contributed by atoms with Crippen LogP contribution in [-0.4, -0.2) is 42.4 Å². The summed E-state index contributed by atoms with van der Waals surface area (Å²) in [6, 6.07) is 18.1. The van der Waals surface area contributed by atoms with E-state index in [0.29, 0.717) is 37.8 Å². The Kier molecular flexibility index (Phi) is 8.96. The molecule has 0 saturated carbocycles. The topological polar surface area (TPSA) is 126 Å². The van der Waals surface area contributed by atoms with E-state index in [4.69, 9.17) is 24.1 Å². The van der Waals surface area contributed by atoms with Crippen molar-refractivity contribution in [3.63, 3.8) is 0 Å². The standard InChI is InChI=1S/C33H30N2O8S/c1-5-42-32(39)28-19(2)34-33-35(29(28)25-15-14-24(40-3)17-26(25)41-4)30(36)27(44-33)16-20-8-12-23(13-9-20)43-18-21-6-10-22(11-7-21)31(37)38/h6-17,29H,5,18H2,1-4H3,(H,37,38)/b27-16+/t29-/m1/s1. The highest BCUT2D eigenvalue weighted by Gasteiger charge is 2.35. The van der Waals surface area contributed by atoms with Crippen LogP contribution in [0.3, 0.4) is 0 Å². The summed E-state index contributed by atoms with van der Waals surface area (Å²) in [5.74, 6) is 0.103. The molecule has 11 heteroatoms. The first-order valence-corrected chi connectivity index (χ1v) is 14.5. The highest BCUT2D eigenvalue weighted by molar-refractivity contribution is 7.07. The lowest BCUT2D eigenvalue weighted by atomic mass is 9.95. The number of methoxy groups -OCH3 is 2. The Hall–Kier alpha value is -5.16. The maximum atomic E-state index is 13.9. The van der Waals surface area contributed by atoms with Gasteiger partial charge >= 0.3 is 11.9 Å². The van der Waals surface area contributed by atoms with E-state index < -0.39 is 18.0 Å². The molecule has 10 nitrogen and oxygen atoms in total. The zero-order valence-electron chi connectivity index (χ0n) is 24.5. The number of carbonyl (C=O) groups excluding carboxylic acids is 1. The molecule has 1 aliphatic heterocycles. The van der Waals surface area contributed by atoms with Crippen LogP contribution in [0.25, 0.3) is 6.08 Å². The summed E-state index contributed by atoms with van der Waals surface area (Å²) in [5.41, 5.74) is 2.82. The van der Waals surface area contributed by atoms with Crippen molar-refractivity contribution in [2.24, 2.45) is 4.99 Å². The number of hydrogen-bond acceptors (Lipinski definition) is 9. The van der Waals surface area contributed by atoms with E-state index in [0.717, 1.165) is 11.1 Å². The Balaban J connectivity index is 1.49. The van der Waals surface area contributed by atoms with E-state index >= 15 is 0 Å². The van der Waals surface area contributed by atoms with E-state index in [1.165, 1.54) is 35.1 Å². The number of nitrogens with zero attached hydrogens (tertiary/aromatic N) is 2. The van der Waals surface area contributed by atoms with Gasteiger partial charge in [-0.1, -0.05) is 35.6 Å².